The molecule has 0 radical (unpaired) electrons. The Bertz CT molecular complexity index is 850. The van der Waals surface area contributed by atoms with Gasteiger partial charge in [-0.05, 0) is 111 Å². The Labute approximate surface area is 213 Å². The quantitative estimate of drug-likeness (QED) is 0.449. The Morgan fingerprint density at radius 1 is 0.771 bits per heavy atom. The highest BCUT2D eigenvalue weighted by molar-refractivity contribution is 5.20. The summed E-state index contributed by atoms with van der Waals surface area (Å²) in [6.45, 7) is 17.5. The molecular weight excluding hydrogens is 440 g/mol. The number of aliphatic hydroxyl groups is 4. The number of aliphatic hydroxyl groups excluding tert-OH is 3. The topological polar surface area (TPSA) is 90.2 Å². The van der Waals surface area contributed by atoms with Crippen LogP contribution in [0.3, 0.4) is 0 Å². The standard InChI is InChI=1S/C30H52O5/c1-25(2)20-10-14-28(6)21(27(20,5)12-11-22(25)33)15-18(31)23-17(9-13-29(23,28)7)30(8)16-19(32)24(35-30)26(3,4)34/h17-24,31-34H,9-16H2,1-8H3/t17-,18+,19-,20-,21-,22-,23-,24-,27-,28+,29+,30-/m0/s1. The molecule has 0 unspecified atom stereocenters. The van der Waals surface area contributed by atoms with Crippen LogP contribution >= 0.6 is 0 Å². The van der Waals surface area contributed by atoms with Crippen molar-refractivity contribution in [1.29, 1.82) is 0 Å². The minimum absolute atomic E-state index is 0.00166. The number of ether oxygens (including phenoxy) is 1. The van der Waals surface area contributed by atoms with Gasteiger partial charge < -0.3 is 25.2 Å². The fourth-order valence-corrected chi connectivity index (χ4v) is 11.2. The van der Waals surface area contributed by atoms with Crippen LogP contribution in [0.4, 0.5) is 0 Å². The summed E-state index contributed by atoms with van der Waals surface area (Å²) in [5.74, 6) is 1.20. The first-order chi connectivity index (χ1) is 15.9. The first-order valence-corrected chi connectivity index (χ1v) is 14.4. The molecule has 202 valence electrons. The molecule has 5 aliphatic rings. The zero-order valence-electron chi connectivity index (χ0n) is 23.5. The third-order valence-electron chi connectivity index (χ3n) is 13.2. The van der Waals surface area contributed by atoms with Crippen molar-refractivity contribution < 1.29 is 25.2 Å². The highest BCUT2D eigenvalue weighted by Gasteiger charge is 2.72. The van der Waals surface area contributed by atoms with E-state index in [4.69, 9.17) is 4.74 Å². The van der Waals surface area contributed by atoms with E-state index in [9.17, 15) is 20.4 Å². The smallest absolute Gasteiger partial charge is 0.112 e. The maximum atomic E-state index is 11.9. The fraction of sp³-hybridized carbons (Fsp3) is 1.00. The lowest BCUT2D eigenvalue weighted by molar-refractivity contribution is -0.249. The van der Waals surface area contributed by atoms with Crippen molar-refractivity contribution >= 4 is 0 Å². The predicted octanol–water partition coefficient (Wildman–Crippen LogP) is 4.68. The first kappa shape index (κ1) is 26.4. The zero-order valence-corrected chi connectivity index (χ0v) is 23.5. The number of fused-ring (bicyclic) bond motifs is 5. The Morgan fingerprint density at radius 2 is 1.40 bits per heavy atom. The normalized spacial score (nSPS) is 57.9. The van der Waals surface area contributed by atoms with Gasteiger partial charge >= 0.3 is 0 Å². The van der Waals surface area contributed by atoms with Gasteiger partial charge in [-0.15, -0.1) is 0 Å². The van der Waals surface area contributed by atoms with E-state index in [-0.39, 0.29) is 39.6 Å². The molecule has 0 amide bonds. The van der Waals surface area contributed by atoms with Crippen molar-refractivity contribution in [2.24, 2.45) is 45.3 Å². The van der Waals surface area contributed by atoms with Crippen LogP contribution in [-0.4, -0.2) is 56.0 Å². The molecular formula is C30H52O5. The van der Waals surface area contributed by atoms with Gasteiger partial charge in [0.05, 0.1) is 29.5 Å². The van der Waals surface area contributed by atoms with Gasteiger partial charge in [-0.3, -0.25) is 0 Å². The lowest BCUT2D eigenvalue weighted by atomic mass is 9.35. The van der Waals surface area contributed by atoms with Crippen LogP contribution < -0.4 is 0 Å². The summed E-state index contributed by atoms with van der Waals surface area (Å²) in [4.78, 5) is 0. The van der Waals surface area contributed by atoms with Gasteiger partial charge in [0.25, 0.3) is 0 Å². The molecule has 1 saturated heterocycles. The Morgan fingerprint density at radius 3 is 2.00 bits per heavy atom. The summed E-state index contributed by atoms with van der Waals surface area (Å²) in [6, 6.07) is 0. The van der Waals surface area contributed by atoms with E-state index >= 15 is 0 Å². The second-order valence-corrected chi connectivity index (χ2v) is 15.6. The second-order valence-electron chi connectivity index (χ2n) is 15.6. The minimum Gasteiger partial charge on any atom is -0.393 e. The summed E-state index contributed by atoms with van der Waals surface area (Å²) in [7, 11) is 0. The van der Waals surface area contributed by atoms with E-state index in [1.165, 1.54) is 0 Å². The predicted molar refractivity (Wildman–Crippen MR) is 137 cm³/mol. The molecule has 0 spiro atoms. The maximum Gasteiger partial charge on any atom is 0.112 e. The molecule has 1 aliphatic heterocycles. The Kier molecular flexibility index (Phi) is 5.80. The molecule has 0 aromatic rings. The third-order valence-corrected chi connectivity index (χ3v) is 13.2. The van der Waals surface area contributed by atoms with Crippen LogP contribution in [0.25, 0.3) is 0 Å². The van der Waals surface area contributed by atoms with Crippen LogP contribution in [0.15, 0.2) is 0 Å². The summed E-state index contributed by atoms with van der Waals surface area (Å²) in [5, 5.41) is 44.3. The summed E-state index contributed by atoms with van der Waals surface area (Å²) < 4.78 is 6.53. The van der Waals surface area contributed by atoms with E-state index in [2.05, 4.69) is 41.5 Å². The van der Waals surface area contributed by atoms with E-state index in [0.717, 1.165) is 44.9 Å². The molecule has 0 aromatic carbocycles. The van der Waals surface area contributed by atoms with Crippen molar-refractivity contribution in [1.82, 2.24) is 0 Å². The van der Waals surface area contributed by atoms with Gasteiger partial charge in [-0.25, -0.2) is 0 Å². The lowest BCUT2D eigenvalue weighted by Gasteiger charge is -2.70. The van der Waals surface area contributed by atoms with Gasteiger partial charge in [-0.1, -0.05) is 34.6 Å². The van der Waals surface area contributed by atoms with Crippen molar-refractivity contribution in [2.45, 2.75) is 142 Å². The molecule has 5 fully saturated rings. The highest BCUT2D eigenvalue weighted by atomic mass is 16.5. The molecule has 5 heteroatoms. The molecule has 0 aromatic heterocycles. The molecule has 12 atom stereocenters. The van der Waals surface area contributed by atoms with Gasteiger partial charge in [0.2, 0.25) is 0 Å². The van der Waals surface area contributed by atoms with Crippen molar-refractivity contribution in [3.05, 3.63) is 0 Å². The molecule has 0 bridgehead atoms. The van der Waals surface area contributed by atoms with Crippen molar-refractivity contribution in [2.75, 3.05) is 0 Å². The Balaban J connectivity index is 1.49. The van der Waals surface area contributed by atoms with Crippen molar-refractivity contribution in [3.63, 3.8) is 0 Å². The second kappa shape index (κ2) is 7.68. The van der Waals surface area contributed by atoms with Gasteiger partial charge in [0, 0.05) is 6.42 Å². The minimum atomic E-state index is -1.10. The SMILES string of the molecule is CC(C)(O)[C@H]1O[C@](C)([C@H]2CC[C@]3(C)[C@@H]2[C@H](O)C[C@H]2[C@@]4(C)CC[C@H](O)C(C)(C)[C@@H]4CC[C@]23C)C[C@@H]1O. The first-order valence-electron chi connectivity index (χ1n) is 14.4. The maximum absolute atomic E-state index is 11.9. The van der Waals surface area contributed by atoms with Crippen molar-refractivity contribution in [3.8, 4) is 0 Å². The fourth-order valence-electron chi connectivity index (χ4n) is 11.2. The van der Waals surface area contributed by atoms with Gasteiger partial charge in [0.1, 0.15) is 6.10 Å². The molecule has 35 heavy (non-hydrogen) atoms. The zero-order chi connectivity index (χ0) is 26.0. The monoisotopic (exact) mass is 492 g/mol. The van der Waals surface area contributed by atoms with E-state index in [1.54, 1.807) is 13.8 Å². The van der Waals surface area contributed by atoms with E-state index in [0.29, 0.717) is 18.3 Å². The van der Waals surface area contributed by atoms with Crippen LogP contribution in [0, 0.1) is 45.3 Å². The molecule has 5 rings (SSSR count). The molecule has 1 heterocycles. The highest BCUT2D eigenvalue weighted by Crippen LogP contribution is 2.76. The van der Waals surface area contributed by atoms with Gasteiger partial charge in [0.15, 0.2) is 0 Å². The average Bonchev–Trinajstić information content (AvgIpc) is 3.26. The van der Waals surface area contributed by atoms with Crippen LogP contribution in [0.5, 0.6) is 0 Å². The Hall–Kier alpha value is -0.200. The average molecular weight is 493 g/mol. The van der Waals surface area contributed by atoms with Crippen LogP contribution in [-0.2, 0) is 4.74 Å². The van der Waals surface area contributed by atoms with E-state index < -0.39 is 29.5 Å². The molecule has 4 aliphatic carbocycles. The molecule has 4 N–H and O–H groups in total. The summed E-state index contributed by atoms with van der Waals surface area (Å²) >= 11 is 0. The largest absolute Gasteiger partial charge is 0.393 e. The molecule has 4 saturated carbocycles. The summed E-state index contributed by atoms with van der Waals surface area (Å²) in [6.07, 6.45) is 5.65. The number of rotatable bonds is 2. The number of hydrogen-bond donors (Lipinski definition) is 4. The van der Waals surface area contributed by atoms with E-state index in [1.807, 2.05) is 0 Å². The number of hydrogen-bond acceptors (Lipinski definition) is 5. The van der Waals surface area contributed by atoms with Gasteiger partial charge in [-0.2, -0.15) is 0 Å². The third kappa shape index (κ3) is 3.36. The van der Waals surface area contributed by atoms with Crippen LogP contribution in [0.1, 0.15) is 107 Å². The van der Waals surface area contributed by atoms with Crippen LogP contribution in [0.2, 0.25) is 0 Å². The molecule has 5 nitrogen and oxygen atoms in total. The lowest BCUT2D eigenvalue weighted by Crippen LogP contribution is -2.66. The summed E-state index contributed by atoms with van der Waals surface area (Å²) in [5.41, 5.74) is -1.50.